The van der Waals surface area contributed by atoms with Gasteiger partial charge in [0.05, 0.1) is 18.2 Å². The molecule has 1 fully saturated rings. The van der Waals surface area contributed by atoms with Crippen LogP contribution in [0.15, 0.2) is 24.3 Å². The Morgan fingerprint density at radius 1 is 1.42 bits per heavy atom. The van der Waals surface area contributed by atoms with Gasteiger partial charge in [-0.2, -0.15) is 0 Å². The van der Waals surface area contributed by atoms with Crippen LogP contribution in [0, 0.1) is 5.92 Å². The Bertz CT molecular complexity index is 484. The van der Waals surface area contributed by atoms with Gasteiger partial charge in [-0.1, -0.05) is 12.1 Å². The molecule has 1 saturated heterocycles. The fraction of sp³-hybridized carbons (Fsp3) is 0.467. The van der Waals surface area contributed by atoms with Gasteiger partial charge in [0.25, 0.3) is 0 Å². The number of hydrogen-bond donors (Lipinski definition) is 0. The third-order valence-corrected chi connectivity index (χ3v) is 3.39. The van der Waals surface area contributed by atoms with Gasteiger partial charge in [-0.3, -0.25) is 9.59 Å². The Hall–Kier alpha value is -1.84. The largest absolute Gasteiger partial charge is 0.492 e. The molecule has 1 aliphatic rings. The predicted molar refractivity (Wildman–Crippen MR) is 73.4 cm³/mol. The highest BCUT2D eigenvalue weighted by molar-refractivity contribution is 6.08. The Kier molecular flexibility index (Phi) is 4.20. The van der Waals surface area contributed by atoms with Crippen molar-refractivity contribution in [2.75, 3.05) is 18.1 Å². The molecule has 1 aromatic rings. The van der Waals surface area contributed by atoms with Gasteiger partial charge in [-0.25, -0.2) is 0 Å². The molecule has 0 saturated carbocycles. The maximum atomic E-state index is 12.4. The predicted octanol–water partition coefficient (Wildman–Crippen LogP) is 2.42. The number of benzene rings is 1. The number of ketones is 1. The molecule has 19 heavy (non-hydrogen) atoms. The molecule has 2 rings (SSSR count). The summed E-state index contributed by atoms with van der Waals surface area (Å²) in [5.41, 5.74) is 0.764. The number of nitrogens with zero attached hydrogens (tertiary/aromatic N) is 1. The summed E-state index contributed by atoms with van der Waals surface area (Å²) in [7, 11) is 0. The first-order valence-electron chi connectivity index (χ1n) is 6.68. The van der Waals surface area contributed by atoms with Crippen molar-refractivity contribution in [3.8, 4) is 5.75 Å². The standard InChI is InChI=1S/C15H19NO3/c1-3-19-14-9-5-4-8-13(14)16-10-6-7-12(11(2)17)15(16)18/h4-5,8-9,12H,3,6-7,10H2,1-2H3. The van der Waals surface area contributed by atoms with E-state index < -0.39 is 5.92 Å². The number of para-hydroxylation sites is 2. The van der Waals surface area contributed by atoms with Crippen molar-refractivity contribution in [1.82, 2.24) is 0 Å². The number of anilines is 1. The van der Waals surface area contributed by atoms with Crippen LogP contribution < -0.4 is 9.64 Å². The number of Topliss-reactive ketones (excluding diaryl/α,β-unsaturated/α-hetero) is 1. The number of amides is 1. The van der Waals surface area contributed by atoms with Gasteiger partial charge in [-0.15, -0.1) is 0 Å². The first-order valence-corrected chi connectivity index (χ1v) is 6.68. The van der Waals surface area contributed by atoms with Gasteiger partial charge in [-0.05, 0) is 38.8 Å². The van der Waals surface area contributed by atoms with Crippen molar-refractivity contribution in [2.24, 2.45) is 5.92 Å². The Balaban J connectivity index is 2.30. The Labute approximate surface area is 113 Å². The quantitative estimate of drug-likeness (QED) is 0.782. The molecule has 4 heteroatoms. The fourth-order valence-electron chi connectivity index (χ4n) is 2.45. The number of carbonyl (C=O) groups excluding carboxylic acids is 2. The lowest BCUT2D eigenvalue weighted by Gasteiger charge is -2.32. The van der Waals surface area contributed by atoms with Crippen molar-refractivity contribution in [2.45, 2.75) is 26.7 Å². The number of carbonyl (C=O) groups is 2. The second kappa shape index (κ2) is 5.87. The van der Waals surface area contributed by atoms with E-state index in [0.717, 1.165) is 12.1 Å². The van der Waals surface area contributed by atoms with E-state index in [1.54, 1.807) is 4.90 Å². The van der Waals surface area contributed by atoms with Crippen molar-refractivity contribution in [3.05, 3.63) is 24.3 Å². The van der Waals surface area contributed by atoms with E-state index >= 15 is 0 Å². The molecule has 102 valence electrons. The minimum Gasteiger partial charge on any atom is -0.492 e. The molecule has 0 spiro atoms. The van der Waals surface area contributed by atoms with Gasteiger partial charge >= 0.3 is 0 Å². The summed E-state index contributed by atoms with van der Waals surface area (Å²) >= 11 is 0. The van der Waals surface area contributed by atoms with Crippen molar-refractivity contribution >= 4 is 17.4 Å². The summed E-state index contributed by atoms with van der Waals surface area (Å²) < 4.78 is 5.56. The number of piperidine rings is 1. The van der Waals surface area contributed by atoms with E-state index in [2.05, 4.69) is 0 Å². The van der Waals surface area contributed by atoms with E-state index in [0.29, 0.717) is 25.3 Å². The van der Waals surface area contributed by atoms with E-state index in [9.17, 15) is 9.59 Å². The molecule has 0 aromatic heterocycles. The van der Waals surface area contributed by atoms with Crippen LogP contribution in [0.3, 0.4) is 0 Å². The van der Waals surface area contributed by atoms with Gasteiger partial charge in [0, 0.05) is 6.54 Å². The smallest absolute Gasteiger partial charge is 0.237 e. The fourth-order valence-corrected chi connectivity index (χ4v) is 2.45. The summed E-state index contributed by atoms with van der Waals surface area (Å²) in [5, 5.41) is 0. The first kappa shape index (κ1) is 13.6. The van der Waals surface area contributed by atoms with Crippen LogP contribution in [0.2, 0.25) is 0 Å². The second-order valence-corrected chi connectivity index (χ2v) is 4.70. The Morgan fingerprint density at radius 2 is 2.16 bits per heavy atom. The molecule has 1 aliphatic heterocycles. The van der Waals surface area contributed by atoms with Crippen LogP contribution in [0.5, 0.6) is 5.75 Å². The monoisotopic (exact) mass is 261 g/mol. The van der Waals surface area contributed by atoms with Crippen LogP contribution >= 0.6 is 0 Å². The van der Waals surface area contributed by atoms with Crippen LogP contribution in [-0.2, 0) is 9.59 Å². The summed E-state index contributed by atoms with van der Waals surface area (Å²) in [6.45, 7) is 4.59. The lowest BCUT2D eigenvalue weighted by atomic mass is 9.93. The van der Waals surface area contributed by atoms with Gasteiger partial charge in [0.15, 0.2) is 0 Å². The summed E-state index contributed by atoms with van der Waals surface area (Å²) in [5.74, 6) is 0.0421. The number of rotatable bonds is 4. The van der Waals surface area contributed by atoms with Crippen LogP contribution in [-0.4, -0.2) is 24.8 Å². The van der Waals surface area contributed by atoms with E-state index in [4.69, 9.17) is 4.74 Å². The normalized spacial score (nSPS) is 19.4. The average molecular weight is 261 g/mol. The van der Waals surface area contributed by atoms with Crippen LogP contribution in [0.4, 0.5) is 5.69 Å². The van der Waals surface area contributed by atoms with E-state index in [1.165, 1.54) is 6.92 Å². The third-order valence-electron chi connectivity index (χ3n) is 3.39. The summed E-state index contributed by atoms with van der Waals surface area (Å²) in [6.07, 6.45) is 1.50. The molecule has 1 unspecified atom stereocenters. The van der Waals surface area contributed by atoms with E-state index in [1.807, 2.05) is 31.2 Å². The maximum absolute atomic E-state index is 12.4. The minimum absolute atomic E-state index is 0.0522. The minimum atomic E-state index is -0.497. The third kappa shape index (κ3) is 2.78. The molecule has 0 radical (unpaired) electrons. The van der Waals surface area contributed by atoms with Gasteiger partial charge in [0.1, 0.15) is 11.5 Å². The van der Waals surface area contributed by atoms with E-state index in [-0.39, 0.29) is 11.7 Å². The molecular formula is C15H19NO3. The van der Waals surface area contributed by atoms with Crippen LogP contribution in [0.1, 0.15) is 26.7 Å². The van der Waals surface area contributed by atoms with Crippen molar-refractivity contribution < 1.29 is 14.3 Å². The topological polar surface area (TPSA) is 46.6 Å². The maximum Gasteiger partial charge on any atom is 0.237 e. The molecule has 0 N–H and O–H groups in total. The zero-order valence-corrected chi connectivity index (χ0v) is 11.4. The summed E-state index contributed by atoms with van der Waals surface area (Å²) in [6, 6.07) is 7.47. The number of hydrogen-bond acceptors (Lipinski definition) is 3. The van der Waals surface area contributed by atoms with Gasteiger partial charge < -0.3 is 9.64 Å². The van der Waals surface area contributed by atoms with Crippen molar-refractivity contribution in [3.63, 3.8) is 0 Å². The zero-order valence-electron chi connectivity index (χ0n) is 11.4. The second-order valence-electron chi connectivity index (χ2n) is 4.70. The van der Waals surface area contributed by atoms with Gasteiger partial charge in [0.2, 0.25) is 5.91 Å². The molecule has 4 nitrogen and oxygen atoms in total. The lowest BCUT2D eigenvalue weighted by Crippen LogP contribution is -2.44. The SMILES string of the molecule is CCOc1ccccc1N1CCCC(C(C)=O)C1=O. The first-order chi connectivity index (χ1) is 9.15. The molecule has 0 aliphatic carbocycles. The molecule has 1 atom stereocenters. The zero-order chi connectivity index (χ0) is 13.8. The highest BCUT2D eigenvalue weighted by atomic mass is 16.5. The van der Waals surface area contributed by atoms with Crippen LogP contribution in [0.25, 0.3) is 0 Å². The molecule has 0 bridgehead atoms. The highest BCUT2D eigenvalue weighted by Crippen LogP contribution is 2.32. The molecule has 1 heterocycles. The lowest BCUT2D eigenvalue weighted by molar-refractivity contribution is -0.132. The highest BCUT2D eigenvalue weighted by Gasteiger charge is 2.33. The molecular weight excluding hydrogens is 242 g/mol. The number of ether oxygens (including phenoxy) is 1. The Morgan fingerprint density at radius 3 is 2.84 bits per heavy atom. The average Bonchev–Trinajstić information content (AvgIpc) is 2.40. The summed E-state index contributed by atoms with van der Waals surface area (Å²) in [4.78, 5) is 25.6. The molecule has 1 amide bonds. The molecule has 1 aromatic carbocycles. The van der Waals surface area contributed by atoms with Crippen molar-refractivity contribution in [1.29, 1.82) is 0 Å².